The fraction of sp³-hybridized carbons (Fsp3) is 0.143. The standard InChI is InChI=1S/C21H18N4O2S/c1-24(2)16-10-8-15(9-11-16)13-18-20(27)25-21(28-18)22-19(26)17(23-25)12-14-6-4-3-5-7-14/h3-11,13H,12H2,1-2H3/b18-13+. The molecule has 0 fully saturated rings. The SMILES string of the molecule is CN(C)c1ccc(/C=c2/sc3nc(=O)c(Cc4ccccc4)nn3c2=O)cc1. The van der Waals surface area contributed by atoms with Crippen LogP contribution < -0.4 is 20.6 Å². The van der Waals surface area contributed by atoms with Crippen LogP contribution in [0.1, 0.15) is 16.8 Å². The summed E-state index contributed by atoms with van der Waals surface area (Å²) in [6.07, 6.45) is 2.14. The zero-order valence-corrected chi connectivity index (χ0v) is 16.3. The van der Waals surface area contributed by atoms with Gasteiger partial charge >= 0.3 is 0 Å². The second-order valence-electron chi connectivity index (χ2n) is 6.62. The molecule has 0 amide bonds. The first kappa shape index (κ1) is 18.1. The number of hydrogen-bond acceptors (Lipinski definition) is 6. The van der Waals surface area contributed by atoms with Gasteiger partial charge in [0, 0.05) is 26.2 Å². The van der Waals surface area contributed by atoms with E-state index in [2.05, 4.69) is 10.1 Å². The van der Waals surface area contributed by atoms with E-state index in [-0.39, 0.29) is 11.3 Å². The van der Waals surface area contributed by atoms with Crippen LogP contribution in [0.4, 0.5) is 5.69 Å². The van der Waals surface area contributed by atoms with Crippen LogP contribution in [0.15, 0.2) is 64.2 Å². The molecule has 140 valence electrons. The van der Waals surface area contributed by atoms with E-state index in [0.717, 1.165) is 16.8 Å². The molecule has 0 N–H and O–H groups in total. The fourth-order valence-corrected chi connectivity index (χ4v) is 3.77. The third-order valence-electron chi connectivity index (χ3n) is 4.37. The molecule has 2 heterocycles. The van der Waals surface area contributed by atoms with Crippen molar-refractivity contribution < 1.29 is 0 Å². The lowest BCUT2D eigenvalue weighted by Crippen LogP contribution is -2.28. The van der Waals surface area contributed by atoms with Crippen LogP contribution in [0.2, 0.25) is 0 Å². The maximum Gasteiger partial charge on any atom is 0.296 e. The summed E-state index contributed by atoms with van der Waals surface area (Å²) in [5, 5.41) is 4.28. The zero-order valence-electron chi connectivity index (χ0n) is 15.5. The number of hydrogen-bond donors (Lipinski definition) is 0. The smallest absolute Gasteiger partial charge is 0.296 e. The number of rotatable bonds is 4. The number of anilines is 1. The summed E-state index contributed by atoms with van der Waals surface area (Å²) < 4.78 is 1.72. The Kier molecular flexibility index (Phi) is 4.75. The molecule has 2 aromatic carbocycles. The van der Waals surface area contributed by atoms with Crippen molar-refractivity contribution in [3.63, 3.8) is 0 Å². The van der Waals surface area contributed by atoms with Gasteiger partial charge in [0.2, 0.25) is 4.96 Å². The van der Waals surface area contributed by atoms with Gasteiger partial charge in [-0.15, -0.1) is 0 Å². The van der Waals surface area contributed by atoms with E-state index in [0.29, 0.717) is 15.9 Å². The summed E-state index contributed by atoms with van der Waals surface area (Å²) in [6.45, 7) is 0. The Hall–Kier alpha value is -3.32. The Balaban J connectivity index is 1.76. The van der Waals surface area contributed by atoms with Crippen molar-refractivity contribution >= 4 is 28.1 Å². The Morgan fingerprint density at radius 2 is 1.75 bits per heavy atom. The summed E-state index contributed by atoms with van der Waals surface area (Å²) in [4.78, 5) is 31.5. The van der Waals surface area contributed by atoms with Gasteiger partial charge < -0.3 is 4.90 Å². The van der Waals surface area contributed by atoms with E-state index >= 15 is 0 Å². The van der Waals surface area contributed by atoms with Crippen molar-refractivity contribution in [3.8, 4) is 0 Å². The second kappa shape index (κ2) is 7.36. The third kappa shape index (κ3) is 3.57. The third-order valence-corrected chi connectivity index (χ3v) is 5.33. The monoisotopic (exact) mass is 390 g/mol. The highest BCUT2D eigenvalue weighted by atomic mass is 32.1. The van der Waals surface area contributed by atoms with E-state index in [9.17, 15) is 9.59 Å². The van der Waals surface area contributed by atoms with Gasteiger partial charge in [0.25, 0.3) is 11.1 Å². The van der Waals surface area contributed by atoms with Crippen molar-refractivity contribution in [3.05, 3.63) is 96.7 Å². The van der Waals surface area contributed by atoms with Crippen LogP contribution in [0, 0.1) is 0 Å². The lowest BCUT2D eigenvalue weighted by atomic mass is 10.1. The van der Waals surface area contributed by atoms with Crippen molar-refractivity contribution in [1.29, 1.82) is 0 Å². The highest BCUT2D eigenvalue weighted by Crippen LogP contribution is 2.12. The molecular formula is C21H18N4O2S. The minimum absolute atomic E-state index is 0.264. The average Bonchev–Trinajstić information content (AvgIpc) is 2.98. The van der Waals surface area contributed by atoms with Crippen LogP contribution in [-0.2, 0) is 6.42 Å². The number of nitrogens with zero attached hydrogens (tertiary/aromatic N) is 4. The van der Waals surface area contributed by atoms with Gasteiger partial charge in [-0.25, -0.2) is 0 Å². The molecule has 6 nitrogen and oxygen atoms in total. The molecular weight excluding hydrogens is 372 g/mol. The van der Waals surface area contributed by atoms with E-state index in [1.807, 2.05) is 73.6 Å². The number of fused-ring (bicyclic) bond motifs is 1. The Bertz CT molecular complexity index is 1290. The molecule has 0 aliphatic carbocycles. The van der Waals surface area contributed by atoms with Crippen molar-refractivity contribution in [2.24, 2.45) is 0 Å². The minimum atomic E-state index is -0.396. The molecule has 2 aromatic heterocycles. The molecule has 0 radical (unpaired) electrons. The van der Waals surface area contributed by atoms with Gasteiger partial charge in [0.1, 0.15) is 5.69 Å². The Morgan fingerprint density at radius 1 is 1.04 bits per heavy atom. The van der Waals surface area contributed by atoms with Crippen LogP contribution in [0.5, 0.6) is 0 Å². The van der Waals surface area contributed by atoms with Gasteiger partial charge in [-0.05, 0) is 29.3 Å². The van der Waals surface area contributed by atoms with Crippen molar-refractivity contribution in [2.75, 3.05) is 19.0 Å². The first-order valence-corrected chi connectivity index (χ1v) is 9.59. The lowest BCUT2D eigenvalue weighted by Gasteiger charge is -2.11. The average molecular weight is 390 g/mol. The van der Waals surface area contributed by atoms with Gasteiger partial charge in [-0.3, -0.25) is 9.59 Å². The number of thiazole rings is 1. The van der Waals surface area contributed by atoms with Gasteiger partial charge in [0.15, 0.2) is 0 Å². The molecule has 4 rings (SSSR count). The maximum absolute atomic E-state index is 12.8. The molecule has 0 spiro atoms. The summed E-state index contributed by atoms with van der Waals surface area (Å²) >= 11 is 1.17. The summed E-state index contributed by atoms with van der Waals surface area (Å²) in [5.74, 6) is 0. The maximum atomic E-state index is 12.8. The fourth-order valence-electron chi connectivity index (χ4n) is 2.86. The van der Waals surface area contributed by atoms with Gasteiger partial charge in [0.05, 0.1) is 4.53 Å². The molecule has 28 heavy (non-hydrogen) atoms. The van der Waals surface area contributed by atoms with E-state index in [1.165, 1.54) is 15.9 Å². The highest BCUT2D eigenvalue weighted by molar-refractivity contribution is 7.15. The molecule has 0 aliphatic rings. The molecule has 7 heteroatoms. The summed E-state index contributed by atoms with van der Waals surface area (Å²) in [7, 11) is 3.95. The van der Waals surface area contributed by atoms with Crippen LogP contribution in [-0.4, -0.2) is 28.7 Å². The molecule has 0 bridgehead atoms. The van der Waals surface area contributed by atoms with Crippen LogP contribution >= 0.6 is 11.3 Å². The van der Waals surface area contributed by atoms with Crippen molar-refractivity contribution in [2.45, 2.75) is 6.42 Å². The first-order chi connectivity index (χ1) is 13.5. The second-order valence-corrected chi connectivity index (χ2v) is 7.63. The largest absolute Gasteiger partial charge is 0.378 e. The molecule has 0 aliphatic heterocycles. The Labute approximate surface area is 165 Å². The Morgan fingerprint density at radius 3 is 2.43 bits per heavy atom. The number of benzene rings is 2. The highest BCUT2D eigenvalue weighted by Gasteiger charge is 2.11. The van der Waals surface area contributed by atoms with Crippen molar-refractivity contribution in [1.82, 2.24) is 14.6 Å². The minimum Gasteiger partial charge on any atom is -0.378 e. The topological polar surface area (TPSA) is 67.6 Å². The molecule has 0 unspecified atom stereocenters. The van der Waals surface area contributed by atoms with Crippen LogP contribution in [0.25, 0.3) is 11.0 Å². The molecule has 0 saturated heterocycles. The summed E-state index contributed by atoms with van der Waals surface area (Å²) in [5.41, 5.74) is 2.53. The predicted molar refractivity (Wildman–Crippen MR) is 112 cm³/mol. The first-order valence-electron chi connectivity index (χ1n) is 8.77. The van der Waals surface area contributed by atoms with Gasteiger partial charge in [-0.2, -0.15) is 14.6 Å². The molecule has 0 saturated carbocycles. The quantitative estimate of drug-likeness (QED) is 0.531. The molecule has 4 aromatic rings. The van der Waals surface area contributed by atoms with E-state index in [1.54, 1.807) is 6.08 Å². The molecule has 0 atom stereocenters. The van der Waals surface area contributed by atoms with E-state index in [4.69, 9.17) is 0 Å². The normalized spacial score (nSPS) is 11.9. The lowest BCUT2D eigenvalue weighted by molar-refractivity contribution is 0.811. The number of aromatic nitrogens is 3. The summed E-state index contributed by atoms with van der Waals surface area (Å²) in [6, 6.07) is 17.4. The zero-order chi connectivity index (χ0) is 19.7. The predicted octanol–water partition coefficient (Wildman–Crippen LogP) is 1.72. The van der Waals surface area contributed by atoms with E-state index < -0.39 is 5.56 Å². The van der Waals surface area contributed by atoms with Gasteiger partial charge in [-0.1, -0.05) is 53.8 Å². The van der Waals surface area contributed by atoms with Crippen LogP contribution in [0.3, 0.4) is 0 Å².